The van der Waals surface area contributed by atoms with E-state index in [1.807, 2.05) is 0 Å². The molecule has 0 aliphatic carbocycles. The van der Waals surface area contributed by atoms with Crippen LogP contribution in [0.15, 0.2) is 65.7 Å². The molecule has 0 atom stereocenters. The van der Waals surface area contributed by atoms with Crippen molar-refractivity contribution in [3.05, 3.63) is 71.4 Å². The van der Waals surface area contributed by atoms with Crippen molar-refractivity contribution in [3.8, 4) is 5.69 Å². The van der Waals surface area contributed by atoms with Crippen molar-refractivity contribution in [2.75, 3.05) is 4.72 Å². The van der Waals surface area contributed by atoms with E-state index in [2.05, 4.69) is 20.0 Å². The number of carbonyl (C=O) groups is 1. The SMILES string of the molecule is CCC(CC)(C(=O)O)c1ccc(S(=O)(=O)Nc2ccc(Cl)cc2-n2nnc3ncccc32)cc1. The van der Waals surface area contributed by atoms with Crippen molar-refractivity contribution in [3.63, 3.8) is 0 Å². The zero-order chi connectivity index (χ0) is 24.5. The fourth-order valence-corrected chi connectivity index (χ4v) is 5.19. The van der Waals surface area contributed by atoms with Gasteiger partial charge in [0.2, 0.25) is 5.65 Å². The van der Waals surface area contributed by atoms with Gasteiger partial charge in [-0.25, -0.2) is 18.1 Å². The van der Waals surface area contributed by atoms with Gasteiger partial charge >= 0.3 is 5.97 Å². The second-order valence-electron chi connectivity index (χ2n) is 7.73. The van der Waals surface area contributed by atoms with Crippen LogP contribution in [0.25, 0.3) is 16.9 Å². The summed E-state index contributed by atoms with van der Waals surface area (Å²) in [6.45, 7) is 3.60. The molecular weight excluding hydrogens is 478 g/mol. The van der Waals surface area contributed by atoms with Crippen LogP contribution in [0, 0.1) is 0 Å². The molecule has 4 rings (SSSR count). The first kappa shape index (κ1) is 23.7. The first-order valence-electron chi connectivity index (χ1n) is 10.5. The molecule has 176 valence electrons. The average molecular weight is 500 g/mol. The van der Waals surface area contributed by atoms with Gasteiger partial charge in [0.05, 0.1) is 21.7 Å². The fourth-order valence-electron chi connectivity index (χ4n) is 3.95. The van der Waals surface area contributed by atoms with Crippen molar-refractivity contribution in [1.82, 2.24) is 20.0 Å². The molecule has 9 nitrogen and oxygen atoms in total. The van der Waals surface area contributed by atoms with Crippen LogP contribution in [-0.4, -0.2) is 39.5 Å². The van der Waals surface area contributed by atoms with Crippen LogP contribution in [0.1, 0.15) is 32.3 Å². The first-order chi connectivity index (χ1) is 16.2. The monoisotopic (exact) mass is 499 g/mol. The summed E-state index contributed by atoms with van der Waals surface area (Å²) in [5.74, 6) is -0.938. The minimum absolute atomic E-state index is 0.00578. The van der Waals surface area contributed by atoms with Gasteiger partial charge in [-0.1, -0.05) is 42.8 Å². The van der Waals surface area contributed by atoms with Gasteiger partial charge in [0.15, 0.2) is 0 Å². The highest BCUT2D eigenvalue weighted by molar-refractivity contribution is 7.92. The molecule has 11 heteroatoms. The number of hydrogen-bond acceptors (Lipinski definition) is 6. The van der Waals surface area contributed by atoms with E-state index in [-0.39, 0.29) is 10.6 Å². The number of benzene rings is 2. The number of carboxylic acid groups (broad SMARTS) is 1. The number of anilines is 1. The minimum Gasteiger partial charge on any atom is -0.481 e. The van der Waals surface area contributed by atoms with E-state index in [0.29, 0.717) is 40.3 Å². The lowest BCUT2D eigenvalue weighted by Gasteiger charge is -2.27. The summed E-state index contributed by atoms with van der Waals surface area (Å²) in [6, 6.07) is 14.1. The molecule has 0 saturated heterocycles. The Morgan fingerprint density at radius 1 is 1.12 bits per heavy atom. The number of fused-ring (bicyclic) bond motifs is 1. The Morgan fingerprint density at radius 3 is 2.47 bits per heavy atom. The summed E-state index contributed by atoms with van der Waals surface area (Å²) in [5.41, 5.74) is 1.09. The molecule has 0 bridgehead atoms. The molecule has 0 aliphatic heterocycles. The molecule has 2 N–H and O–H groups in total. The highest BCUT2D eigenvalue weighted by Gasteiger charge is 2.37. The van der Waals surface area contributed by atoms with Gasteiger partial charge in [0.25, 0.3) is 10.0 Å². The van der Waals surface area contributed by atoms with E-state index in [1.54, 1.807) is 56.4 Å². The van der Waals surface area contributed by atoms with Crippen molar-refractivity contribution >= 4 is 44.4 Å². The maximum Gasteiger partial charge on any atom is 0.314 e. The Hall–Kier alpha value is -3.50. The number of carboxylic acids is 1. The minimum atomic E-state index is -4.01. The zero-order valence-electron chi connectivity index (χ0n) is 18.4. The van der Waals surface area contributed by atoms with Gasteiger partial charge in [-0.2, -0.15) is 0 Å². The van der Waals surface area contributed by atoms with Crippen LogP contribution < -0.4 is 4.72 Å². The Morgan fingerprint density at radius 2 is 1.82 bits per heavy atom. The summed E-state index contributed by atoms with van der Waals surface area (Å²) in [7, 11) is -4.01. The second-order valence-corrected chi connectivity index (χ2v) is 9.85. The summed E-state index contributed by atoms with van der Waals surface area (Å²) < 4.78 is 30.4. The van der Waals surface area contributed by atoms with Crippen LogP contribution in [-0.2, 0) is 20.2 Å². The third-order valence-corrected chi connectivity index (χ3v) is 7.61. The number of rotatable bonds is 8. The van der Waals surface area contributed by atoms with Gasteiger partial charge in [-0.15, -0.1) is 5.10 Å². The van der Waals surface area contributed by atoms with Crippen molar-refractivity contribution < 1.29 is 18.3 Å². The van der Waals surface area contributed by atoms with Gasteiger partial charge in [0, 0.05) is 11.2 Å². The van der Waals surface area contributed by atoms with Crippen LogP contribution in [0.2, 0.25) is 5.02 Å². The molecule has 2 aromatic carbocycles. The molecule has 4 aromatic rings. The van der Waals surface area contributed by atoms with Gasteiger partial charge in [-0.05, 0) is 60.9 Å². The third kappa shape index (κ3) is 4.10. The van der Waals surface area contributed by atoms with E-state index in [9.17, 15) is 18.3 Å². The average Bonchev–Trinajstić information content (AvgIpc) is 3.25. The molecule has 0 saturated carbocycles. The largest absolute Gasteiger partial charge is 0.481 e. The summed E-state index contributed by atoms with van der Waals surface area (Å²) >= 11 is 6.18. The number of hydrogen-bond donors (Lipinski definition) is 2. The lowest BCUT2D eigenvalue weighted by Crippen LogP contribution is -2.34. The van der Waals surface area contributed by atoms with Crippen molar-refractivity contribution in [2.45, 2.75) is 37.0 Å². The lowest BCUT2D eigenvalue weighted by atomic mass is 9.76. The van der Waals surface area contributed by atoms with Gasteiger partial charge < -0.3 is 5.11 Å². The molecule has 2 aromatic heterocycles. The van der Waals surface area contributed by atoms with Gasteiger partial charge in [-0.3, -0.25) is 9.52 Å². The lowest BCUT2D eigenvalue weighted by molar-refractivity contribution is -0.144. The Balaban J connectivity index is 1.72. The number of nitrogens with zero attached hydrogens (tertiary/aromatic N) is 4. The first-order valence-corrected chi connectivity index (χ1v) is 12.4. The molecule has 0 spiro atoms. The van der Waals surface area contributed by atoms with E-state index in [0.717, 1.165) is 0 Å². The summed E-state index contributed by atoms with van der Waals surface area (Å²) in [5, 5.41) is 18.3. The summed E-state index contributed by atoms with van der Waals surface area (Å²) in [6.07, 6.45) is 2.36. The second kappa shape index (κ2) is 9.03. The topological polar surface area (TPSA) is 127 Å². The van der Waals surface area contributed by atoms with E-state index >= 15 is 0 Å². The number of pyridine rings is 1. The predicted molar refractivity (Wildman–Crippen MR) is 129 cm³/mol. The summed E-state index contributed by atoms with van der Waals surface area (Å²) in [4.78, 5) is 16.1. The number of halogens is 1. The smallest absolute Gasteiger partial charge is 0.314 e. The number of aromatic nitrogens is 4. The molecule has 0 amide bonds. The molecular formula is C23H22ClN5O4S. The normalized spacial score (nSPS) is 12.1. The molecule has 0 unspecified atom stereocenters. The van der Waals surface area contributed by atoms with E-state index in [4.69, 9.17) is 11.6 Å². The van der Waals surface area contributed by atoms with Crippen LogP contribution in [0.5, 0.6) is 0 Å². The van der Waals surface area contributed by atoms with Crippen molar-refractivity contribution in [2.24, 2.45) is 0 Å². The molecule has 34 heavy (non-hydrogen) atoms. The number of nitrogens with one attached hydrogen (secondary N) is 1. The number of aliphatic carboxylic acids is 1. The highest BCUT2D eigenvalue weighted by Crippen LogP contribution is 2.33. The quantitative estimate of drug-likeness (QED) is 0.367. The predicted octanol–water partition coefficient (Wildman–Crippen LogP) is 4.41. The van der Waals surface area contributed by atoms with Crippen LogP contribution >= 0.6 is 11.6 Å². The van der Waals surface area contributed by atoms with Gasteiger partial charge in [0.1, 0.15) is 5.52 Å². The zero-order valence-corrected chi connectivity index (χ0v) is 20.0. The van der Waals surface area contributed by atoms with Crippen LogP contribution in [0.3, 0.4) is 0 Å². The van der Waals surface area contributed by atoms with E-state index < -0.39 is 21.4 Å². The Labute approximate surface area is 201 Å². The number of sulfonamides is 1. The highest BCUT2D eigenvalue weighted by atomic mass is 35.5. The standard InChI is InChI=1S/C23H22ClN5O4S/c1-3-23(4-2,22(30)31)15-7-10-17(11-8-15)34(32,33)27-18-12-9-16(24)14-20(18)29-19-6-5-13-25-21(19)26-28-29/h5-14,27H,3-4H2,1-2H3,(H,30,31). The fraction of sp³-hybridized carbons (Fsp3) is 0.217. The Kier molecular flexibility index (Phi) is 6.28. The molecule has 0 radical (unpaired) electrons. The van der Waals surface area contributed by atoms with Crippen LogP contribution in [0.4, 0.5) is 5.69 Å². The Bertz CT molecular complexity index is 1460. The maximum absolute atomic E-state index is 13.2. The third-order valence-electron chi connectivity index (χ3n) is 5.99. The molecule has 2 heterocycles. The molecule has 0 aliphatic rings. The molecule has 0 fully saturated rings. The van der Waals surface area contributed by atoms with Crippen molar-refractivity contribution in [1.29, 1.82) is 0 Å². The van der Waals surface area contributed by atoms with E-state index in [1.165, 1.54) is 22.9 Å². The maximum atomic E-state index is 13.2.